The molecule has 0 radical (unpaired) electrons. The molecule has 7 nitrogen and oxygen atoms in total. The fourth-order valence-corrected chi connectivity index (χ4v) is 2.34. The van der Waals surface area contributed by atoms with Gasteiger partial charge in [-0.1, -0.05) is 49.3 Å². The Labute approximate surface area is 139 Å². The van der Waals surface area contributed by atoms with E-state index in [1.807, 2.05) is 44.2 Å². The first-order chi connectivity index (χ1) is 11.5. The minimum Gasteiger partial charge on any atom is -0.340 e. The van der Waals surface area contributed by atoms with Gasteiger partial charge in [-0.05, 0) is 5.92 Å². The Kier molecular flexibility index (Phi) is 4.41. The highest BCUT2D eigenvalue weighted by atomic mass is 16.5. The Hall–Kier alpha value is -2.96. The van der Waals surface area contributed by atoms with Crippen LogP contribution >= 0.6 is 0 Å². The van der Waals surface area contributed by atoms with E-state index in [0.29, 0.717) is 17.3 Å². The molecule has 1 aromatic carbocycles. The first kappa shape index (κ1) is 15.9. The lowest BCUT2D eigenvalue weighted by molar-refractivity contribution is 0.0914. The largest absolute Gasteiger partial charge is 0.340 e. The van der Waals surface area contributed by atoms with Crippen LogP contribution in [0.3, 0.4) is 0 Å². The number of hydrogen-bond donors (Lipinski definition) is 1. The summed E-state index contributed by atoms with van der Waals surface area (Å²) in [5, 5.41) is 11.0. The molecule has 0 aliphatic heterocycles. The van der Waals surface area contributed by atoms with Crippen LogP contribution in [0.5, 0.6) is 0 Å². The maximum Gasteiger partial charge on any atom is 0.255 e. The Morgan fingerprint density at radius 1 is 1.25 bits per heavy atom. The number of nitrogens with zero attached hydrogens (tertiary/aromatic N) is 4. The lowest BCUT2D eigenvalue weighted by Crippen LogP contribution is -2.31. The summed E-state index contributed by atoms with van der Waals surface area (Å²) in [5.41, 5.74) is 1.36. The predicted molar refractivity (Wildman–Crippen MR) is 88.0 cm³/mol. The third-order valence-corrected chi connectivity index (χ3v) is 3.66. The topological polar surface area (TPSA) is 85.8 Å². The van der Waals surface area contributed by atoms with Gasteiger partial charge in [0.05, 0.1) is 11.8 Å². The molecule has 0 saturated heterocycles. The summed E-state index contributed by atoms with van der Waals surface area (Å²) in [6.45, 7) is 3.97. The number of rotatable bonds is 5. The van der Waals surface area contributed by atoms with Crippen LogP contribution in [0.25, 0.3) is 11.4 Å². The molecule has 0 aliphatic rings. The van der Waals surface area contributed by atoms with E-state index < -0.39 is 0 Å². The van der Waals surface area contributed by atoms with E-state index >= 15 is 0 Å². The lowest BCUT2D eigenvalue weighted by Gasteiger charge is -2.17. The molecule has 1 atom stereocenters. The average Bonchev–Trinajstić information content (AvgIpc) is 3.22. The van der Waals surface area contributed by atoms with Crippen molar-refractivity contribution in [2.24, 2.45) is 13.0 Å². The van der Waals surface area contributed by atoms with Crippen molar-refractivity contribution in [2.75, 3.05) is 0 Å². The van der Waals surface area contributed by atoms with Gasteiger partial charge in [0.15, 0.2) is 0 Å². The first-order valence-corrected chi connectivity index (χ1v) is 7.73. The van der Waals surface area contributed by atoms with E-state index in [2.05, 4.69) is 20.6 Å². The van der Waals surface area contributed by atoms with Crippen LogP contribution in [0.1, 0.15) is 36.1 Å². The Balaban J connectivity index is 1.81. The van der Waals surface area contributed by atoms with Crippen molar-refractivity contribution in [3.8, 4) is 11.4 Å². The van der Waals surface area contributed by atoms with Gasteiger partial charge in [0.1, 0.15) is 6.04 Å². The zero-order valence-corrected chi connectivity index (χ0v) is 13.8. The van der Waals surface area contributed by atoms with Crippen molar-refractivity contribution in [1.29, 1.82) is 0 Å². The molecule has 24 heavy (non-hydrogen) atoms. The Morgan fingerprint density at radius 3 is 2.62 bits per heavy atom. The van der Waals surface area contributed by atoms with Crippen LogP contribution in [-0.4, -0.2) is 25.8 Å². The number of hydrogen-bond acceptors (Lipinski definition) is 5. The summed E-state index contributed by atoms with van der Waals surface area (Å²) in [5.74, 6) is 0.768. The monoisotopic (exact) mass is 325 g/mol. The van der Waals surface area contributed by atoms with Gasteiger partial charge < -0.3 is 9.84 Å². The zero-order chi connectivity index (χ0) is 17.1. The number of nitrogens with one attached hydrogen (secondary N) is 1. The molecule has 2 aromatic heterocycles. The molecule has 0 saturated carbocycles. The lowest BCUT2D eigenvalue weighted by atomic mass is 10.0. The molecular formula is C17H19N5O2. The highest BCUT2D eigenvalue weighted by molar-refractivity contribution is 5.93. The molecule has 0 fully saturated rings. The van der Waals surface area contributed by atoms with E-state index in [1.165, 1.54) is 6.20 Å². The van der Waals surface area contributed by atoms with Gasteiger partial charge in [-0.2, -0.15) is 10.1 Å². The van der Waals surface area contributed by atoms with Gasteiger partial charge in [-0.15, -0.1) is 0 Å². The number of aromatic nitrogens is 4. The third-order valence-electron chi connectivity index (χ3n) is 3.66. The van der Waals surface area contributed by atoms with Crippen LogP contribution in [0.4, 0.5) is 0 Å². The first-order valence-electron chi connectivity index (χ1n) is 7.73. The quantitative estimate of drug-likeness (QED) is 0.779. The normalized spacial score (nSPS) is 12.3. The fraction of sp³-hybridized carbons (Fsp3) is 0.294. The van der Waals surface area contributed by atoms with E-state index in [-0.39, 0.29) is 17.9 Å². The number of aryl methyl sites for hydroxylation is 1. The molecule has 3 rings (SSSR count). The van der Waals surface area contributed by atoms with E-state index in [4.69, 9.17) is 4.52 Å². The second-order valence-corrected chi connectivity index (χ2v) is 5.92. The zero-order valence-electron chi connectivity index (χ0n) is 13.8. The molecule has 3 aromatic rings. The number of carbonyl (C=O) groups excluding carboxylic acids is 1. The van der Waals surface area contributed by atoms with E-state index in [9.17, 15) is 4.79 Å². The molecule has 1 amide bonds. The predicted octanol–water partition coefficient (Wildman–Crippen LogP) is 2.60. The molecule has 0 spiro atoms. The third kappa shape index (κ3) is 3.34. The van der Waals surface area contributed by atoms with Crippen molar-refractivity contribution in [1.82, 2.24) is 25.2 Å². The molecule has 124 valence electrons. The van der Waals surface area contributed by atoms with Crippen LogP contribution in [-0.2, 0) is 7.05 Å². The maximum atomic E-state index is 12.4. The van der Waals surface area contributed by atoms with Gasteiger partial charge in [0.25, 0.3) is 5.91 Å². The molecule has 0 aliphatic carbocycles. The van der Waals surface area contributed by atoms with Crippen LogP contribution in [0.15, 0.2) is 47.2 Å². The van der Waals surface area contributed by atoms with Gasteiger partial charge in [0, 0.05) is 18.8 Å². The number of carbonyl (C=O) groups is 1. The standard InChI is InChI=1S/C17H19N5O2/c1-11(2)14(19-16(23)13-9-18-22(3)10-13)17-20-15(21-24-17)12-7-5-4-6-8-12/h4-11,14H,1-3H3,(H,19,23)/t14-/m0/s1. The van der Waals surface area contributed by atoms with Gasteiger partial charge in [-0.25, -0.2) is 0 Å². The molecule has 2 heterocycles. The minimum absolute atomic E-state index is 0.0923. The highest BCUT2D eigenvalue weighted by Gasteiger charge is 2.25. The van der Waals surface area contributed by atoms with Crippen molar-refractivity contribution >= 4 is 5.91 Å². The Morgan fingerprint density at radius 2 is 2.00 bits per heavy atom. The van der Waals surface area contributed by atoms with Crippen molar-refractivity contribution in [3.63, 3.8) is 0 Å². The summed E-state index contributed by atoms with van der Waals surface area (Å²) in [6, 6.07) is 9.20. The molecule has 1 N–H and O–H groups in total. The number of amides is 1. The van der Waals surface area contributed by atoms with Gasteiger partial charge in [0.2, 0.25) is 11.7 Å². The van der Waals surface area contributed by atoms with Crippen molar-refractivity contribution in [3.05, 3.63) is 54.2 Å². The summed E-state index contributed by atoms with van der Waals surface area (Å²) in [4.78, 5) is 16.8. The van der Waals surface area contributed by atoms with Crippen LogP contribution < -0.4 is 5.32 Å². The smallest absolute Gasteiger partial charge is 0.255 e. The van der Waals surface area contributed by atoms with Crippen molar-refractivity contribution in [2.45, 2.75) is 19.9 Å². The van der Waals surface area contributed by atoms with Crippen molar-refractivity contribution < 1.29 is 9.32 Å². The van der Waals surface area contributed by atoms with E-state index in [1.54, 1.807) is 17.9 Å². The van der Waals surface area contributed by atoms with Crippen LogP contribution in [0.2, 0.25) is 0 Å². The molecule has 0 bridgehead atoms. The highest BCUT2D eigenvalue weighted by Crippen LogP contribution is 2.23. The second-order valence-electron chi connectivity index (χ2n) is 5.92. The summed E-state index contributed by atoms with van der Waals surface area (Å²) < 4.78 is 6.97. The average molecular weight is 325 g/mol. The number of benzene rings is 1. The molecule has 0 unspecified atom stereocenters. The summed E-state index contributed by atoms with van der Waals surface area (Å²) in [7, 11) is 1.76. The second kappa shape index (κ2) is 6.66. The van der Waals surface area contributed by atoms with Crippen LogP contribution in [0, 0.1) is 5.92 Å². The fourth-order valence-electron chi connectivity index (χ4n) is 2.34. The Bertz CT molecular complexity index is 822. The molecular weight excluding hydrogens is 306 g/mol. The van der Waals surface area contributed by atoms with Gasteiger partial charge >= 0.3 is 0 Å². The summed E-state index contributed by atoms with van der Waals surface area (Å²) in [6.07, 6.45) is 3.19. The summed E-state index contributed by atoms with van der Waals surface area (Å²) >= 11 is 0. The van der Waals surface area contributed by atoms with Gasteiger partial charge in [-0.3, -0.25) is 9.48 Å². The van der Waals surface area contributed by atoms with E-state index in [0.717, 1.165) is 5.56 Å². The SMILES string of the molecule is CC(C)[C@H](NC(=O)c1cnn(C)c1)c1nc(-c2ccccc2)no1. The molecule has 7 heteroatoms. The minimum atomic E-state index is -0.373. The maximum absolute atomic E-state index is 12.4.